The van der Waals surface area contributed by atoms with Gasteiger partial charge in [-0.3, -0.25) is 4.79 Å². The van der Waals surface area contributed by atoms with E-state index < -0.39 is 0 Å². The number of aromatic nitrogens is 1. The number of hydrogen-bond donors (Lipinski definition) is 2. The van der Waals surface area contributed by atoms with Gasteiger partial charge in [-0.2, -0.15) is 0 Å². The smallest absolute Gasteiger partial charge is 0.258 e. The number of hydrogen-bond acceptors (Lipinski definition) is 2. The van der Waals surface area contributed by atoms with Crippen molar-refractivity contribution in [2.45, 2.75) is 13.5 Å². The molecule has 2 aromatic carbocycles. The van der Waals surface area contributed by atoms with E-state index in [2.05, 4.69) is 10.3 Å². The van der Waals surface area contributed by atoms with Gasteiger partial charge in [0.2, 0.25) is 0 Å². The molecule has 2 N–H and O–H groups in total. The van der Waals surface area contributed by atoms with Crippen molar-refractivity contribution in [1.82, 2.24) is 10.3 Å². The molecule has 0 fully saturated rings. The number of carbonyl (C=O) groups is 1. The number of nitrogens with one attached hydrogen (secondary N) is 2. The lowest BCUT2D eigenvalue weighted by atomic mass is 10.2. The first-order valence-corrected chi connectivity index (χ1v) is 7.23. The molecule has 0 aliphatic rings. The molecule has 0 saturated carbocycles. The molecule has 0 saturated heterocycles. The molecule has 1 heterocycles. The van der Waals surface area contributed by atoms with E-state index in [0.29, 0.717) is 12.3 Å². The summed E-state index contributed by atoms with van der Waals surface area (Å²) in [6.45, 7) is 2.49. The molecular weight excluding hydrogens is 276 g/mol. The van der Waals surface area contributed by atoms with E-state index in [1.165, 1.54) is 0 Å². The molecule has 1 amide bonds. The molecule has 0 aliphatic heterocycles. The van der Waals surface area contributed by atoms with Crippen molar-refractivity contribution >= 4 is 16.8 Å². The number of rotatable bonds is 5. The maximum absolute atomic E-state index is 11.8. The summed E-state index contributed by atoms with van der Waals surface area (Å²) in [7, 11) is 0. The van der Waals surface area contributed by atoms with E-state index in [-0.39, 0.29) is 12.5 Å². The van der Waals surface area contributed by atoms with Crippen LogP contribution in [0.2, 0.25) is 0 Å². The van der Waals surface area contributed by atoms with Crippen LogP contribution < -0.4 is 10.1 Å². The third-order valence-corrected chi connectivity index (χ3v) is 3.45. The monoisotopic (exact) mass is 294 g/mol. The maximum Gasteiger partial charge on any atom is 0.258 e. The second-order valence-electron chi connectivity index (χ2n) is 5.26. The first-order chi connectivity index (χ1) is 10.7. The van der Waals surface area contributed by atoms with Crippen LogP contribution in [0.1, 0.15) is 11.3 Å². The Kier molecular flexibility index (Phi) is 4.10. The number of aromatic amines is 1. The fraction of sp³-hybridized carbons (Fsp3) is 0.167. The van der Waals surface area contributed by atoms with Crippen LogP contribution in [0.3, 0.4) is 0 Å². The van der Waals surface area contributed by atoms with Crippen molar-refractivity contribution in [3.63, 3.8) is 0 Å². The van der Waals surface area contributed by atoms with Crippen molar-refractivity contribution in [1.29, 1.82) is 0 Å². The molecule has 0 unspecified atom stereocenters. The highest BCUT2D eigenvalue weighted by atomic mass is 16.5. The van der Waals surface area contributed by atoms with Crippen LogP contribution in [0.5, 0.6) is 5.75 Å². The summed E-state index contributed by atoms with van der Waals surface area (Å²) in [6, 6.07) is 17.7. The molecule has 3 rings (SSSR count). The van der Waals surface area contributed by atoms with Gasteiger partial charge >= 0.3 is 0 Å². The number of para-hydroxylation sites is 1. The summed E-state index contributed by atoms with van der Waals surface area (Å²) in [5.74, 6) is 0.561. The summed E-state index contributed by atoms with van der Waals surface area (Å²) in [6.07, 6.45) is 0. The van der Waals surface area contributed by atoms with E-state index in [1.807, 2.05) is 61.5 Å². The predicted molar refractivity (Wildman–Crippen MR) is 86.8 cm³/mol. The quantitative estimate of drug-likeness (QED) is 0.759. The number of amides is 1. The summed E-state index contributed by atoms with van der Waals surface area (Å²) < 4.78 is 5.45. The number of aryl methyl sites for hydroxylation is 1. The van der Waals surface area contributed by atoms with Crippen molar-refractivity contribution in [2.75, 3.05) is 6.61 Å². The summed E-state index contributed by atoms with van der Waals surface area (Å²) in [5, 5.41) is 3.99. The third-order valence-electron chi connectivity index (χ3n) is 3.45. The zero-order valence-electron chi connectivity index (χ0n) is 12.4. The summed E-state index contributed by atoms with van der Waals surface area (Å²) in [5.41, 5.74) is 3.21. The van der Waals surface area contributed by atoms with Crippen LogP contribution in [0, 0.1) is 6.92 Å². The fourth-order valence-electron chi connectivity index (χ4n) is 2.26. The Labute approximate surface area is 129 Å². The molecule has 0 bridgehead atoms. The van der Waals surface area contributed by atoms with Crippen LogP contribution in [-0.2, 0) is 11.3 Å². The van der Waals surface area contributed by atoms with Gasteiger partial charge < -0.3 is 15.0 Å². The molecule has 1 aromatic heterocycles. The molecule has 0 spiro atoms. The van der Waals surface area contributed by atoms with E-state index in [9.17, 15) is 4.79 Å². The first kappa shape index (κ1) is 14.2. The standard InChI is InChI=1S/C18H18N2O2/c1-13-6-8-16(9-7-13)22-12-18(21)19-11-15-10-14-4-2-3-5-17(14)20-15/h2-10,20H,11-12H2,1H3,(H,19,21). The molecule has 112 valence electrons. The van der Waals surface area contributed by atoms with Crippen LogP contribution in [0.25, 0.3) is 10.9 Å². The highest BCUT2D eigenvalue weighted by molar-refractivity contribution is 5.81. The second kappa shape index (κ2) is 6.35. The first-order valence-electron chi connectivity index (χ1n) is 7.23. The largest absolute Gasteiger partial charge is 0.484 e. The van der Waals surface area contributed by atoms with Gasteiger partial charge in [0.05, 0.1) is 6.54 Å². The fourth-order valence-corrected chi connectivity index (χ4v) is 2.26. The average molecular weight is 294 g/mol. The number of carbonyl (C=O) groups excluding carboxylic acids is 1. The number of H-pyrrole nitrogens is 1. The van der Waals surface area contributed by atoms with Crippen molar-refractivity contribution in [3.05, 3.63) is 65.9 Å². The Morgan fingerprint density at radius 3 is 2.68 bits per heavy atom. The Bertz CT molecular complexity index is 742. The maximum atomic E-state index is 11.8. The molecule has 4 heteroatoms. The van der Waals surface area contributed by atoms with Gasteiger partial charge in [0, 0.05) is 11.2 Å². The Balaban J connectivity index is 1.50. The van der Waals surface area contributed by atoms with Crippen LogP contribution in [0.15, 0.2) is 54.6 Å². The van der Waals surface area contributed by atoms with Crippen LogP contribution in [0.4, 0.5) is 0 Å². The van der Waals surface area contributed by atoms with E-state index >= 15 is 0 Å². The topological polar surface area (TPSA) is 54.1 Å². The van der Waals surface area contributed by atoms with Crippen LogP contribution in [-0.4, -0.2) is 17.5 Å². The van der Waals surface area contributed by atoms with Crippen molar-refractivity contribution in [2.24, 2.45) is 0 Å². The number of fused-ring (bicyclic) bond motifs is 1. The molecule has 22 heavy (non-hydrogen) atoms. The molecule has 0 atom stereocenters. The minimum atomic E-state index is -0.140. The normalized spacial score (nSPS) is 10.6. The van der Waals surface area contributed by atoms with E-state index in [0.717, 1.165) is 22.2 Å². The van der Waals surface area contributed by atoms with Gasteiger partial charge in [0.25, 0.3) is 5.91 Å². The Morgan fingerprint density at radius 2 is 1.91 bits per heavy atom. The van der Waals surface area contributed by atoms with Gasteiger partial charge in [-0.05, 0) is 36.6 Å². The third kappa shape index (κ3) is 3.47. The summed E-state index contributed by atoms with van der Waals surface area (Å²) >= 11 is 0. The van der Waals surface area contributed by atoms with Crippen LogP contribution >= 0.6 is 0 Å². The molecule has 0 aliphatic carbocycles. The minimum Gasteiger partial charge on any atom is -0.484 e. The zero-order chi connectivity index (χ0) is 15.4. The molecule has 0 radical (unpaired) electrons. The number of benzene rings is 2. The summed E-state index contributed by atoms with van der Waals surface area (Å²) in [4.78, 5) is 15.1. The Morgan fingerprint density at radius 1 is 1.14 bits per heavy atom. The lowest BCUT2D eigenvalue weighted by Crippen LogP contribution is -2.28. The van der Waals surface area contributed by atoms with Gasteiger partial charge in [-0.25, -0.2) is 0 Å². The Hall–Kier alpha value is -2.75. The highest BCUT2D eigenvalue weighted by Crippen LogP contribution is 2.14. The van der Waals surface area contributed by atoms with E-state index in [4.69, 9.17) is 4.74 Å². The lowest BCUT2D eigenvalue weighted by molar-refractivity contribution is -0.123. The molecular formula is C18H18N2O2. The molecule has 4 nitrogen and oxygen atoms in total. The number of ether oxygens (including phenoxy) is 1. The zero-order valence-corrected chi connectivity index (χ0v) is 12.4. The van der Waals surface area contributed by atoms with Crippen molar-refractivity contribution < 1.29 is 9.53 Å². The van der Waals surface area contributed by atoms with Gasteiger partial charge in [-0.1, -0.05) is 35.9 Å². The van der Waals surface area contributed by atoms with Gasteiger partial charge in [0.15, 0.2) is 6.61 Å². The predicted octanol–water partition coefficient (Wildman–Crippen LogP) is 3.17. The second-order valence-corrected chi connectivity index (χ2v) is 5.26. The van der Waals surface area contributed by atoms with Gasteiger partial charge in [-0.15, -0.1) is 0 Å². The highest BCUT2D eigenvalue weighted by Gasteiger charge is 2.05. The van der Waals surface area contributed by atoms with Gasteiger partial charge in [0.1, 0.15) is 5.75 Å². The molecule has 3 aromatic rings. The average Bonchev–Trinajstić information content (AvgIpc) is 2.95. The minimum absolute atomic E-state index is 0.0172. The van der Waals surface area contributed by atoms with E-state index in [1.54, 1.807) is 0 Å². The lowest BCUT2D eigenvalue weighted by Gasteiger charge is -2.07. The van der Waals surface area contributed by atoms with Crippen molar-refractivity contribution in [3.8, 4) is 5.75 Å². The SMILES string of the molecule is Cc1ccc(OCC(=O)NCc2cc3ccccc3[nH]2)cc1.